The predicted octanol–water partition coefficient (Wildman–Crippen LogP) is 1.91. The molecule has 3 heterocycles. The van der Waals surface area contributed by atoms with Crippen molar-refractivity contribution in [1.29, 1.82) is 0 Å². The summed E-state index contributed by atoms with van der Waals surface area (Å²) in [5, 5.41) is 13.6. The molecule has 0 atom stereocenters. The number of thioether (sulfide) groups is 1. The van der Waals surface area contributed by atoms with Crippen LogP contribution in [0.15, 0.2) is 35.7 Å². The second-order valence-corrected chi connectivity index (χ2v) is 5.64. The second kappa shape index (κ2) is 6.18. The van der Waals surface area contributed by atoms with Gasteiger partial charge in [0, 0.05) is 32.2 Å². The van der Waals surface area contributed by atoms with Crippen molar-refractivity contribution in [1.82, 2.24) is 29.5 Å². The summed E-state index contributed by atoms with van der Waals surface area (Å²) < 4.78 is 8.92. The third kappa shape index (κ3) is 2.82. The van der Waals surface area contributed by atoms with Crippen molar-refractivity contribution in [2.45, 2.75) is 10.9 Å². The summed E-state index contributed by atoms with van der Waals surface area (Å²) in [6, 6.07) is 5.88. The molecule has 22 heavy (non-hydrogen) atoms. The van der Waals surface area contributed by atoms with Crippen LogP contribution < -0.4 is 4.74 Å². The SMILES string of the molecule is COc1nn(C)cc1-c1nnc(SCc2ccccn2)n1C. The van der Waals surface area contributed by atoms with Gasteiger partial charge in [0.2, 0.25) is 5.88 Å². The van der Waals surface area contributed by atoms with Gasteiger partial charge in [0.05, 0.1) is 12.8 Å². The van der Waals surface area contributed by atoms with E-state index in [1.54, 1.807) is 29.8 Å². The number of pyridine rings is 1. The van der Waals surface area contributed by atoms with Gasteiger partial charge in [-0.2, -0.15) is 0 Å². The van der Waals surface area contributed by atoms with E-state index < -0.39 is 0 Å². The molecule has 0 bridgehead atoms. The predicted molar refractivity (Wildman–Crippen MR) is 83.6 cm³/mol. The van der Waals surface area contributed by atoms with Gasteiger partial charge in [0.1, 0.15) is 5.56 Å². The molecule has 0 aliphatic carbocycles. The molecule has 8 heteroatoms. The van der Waals surface area contributed by atoms with Gasteiger partial charge in [-0.15, -0.1) is 15.3 Å². The molecule has 0 aromatic carbocycles. The van der Waals surface area contributed by atoms with Crippen LogP contribution in [0.25, 0.3) is 11.4 Å². The Kier molecular flexibility index (Phi) is 4.10. The van der Waals surface area contributed by atoms with Crippen LogP contribution in [-0.2, 0) is 19.8 Å². The minimum absolute atomic E-state index is 0.541. The van der Waals surface area contributed by atoms with Crippen LogP contribution in [0.3, 0.4) is 0 Å². The van der Waals surface area contributed by atoms with Crippen molar-refractivity contribution in [3.8, 4) is 17.3 Å². The van der Waals surface area contributed by atoms with Crippen LogP contribution in [-0.4, -0.2) is 36.6 Å². The molecule has 0 amide bonds. The number of rotatable bonds is 5. The molecule has 7 nitrogen and oxygen atoms in total. The average molecular weight is 316 g/mol. The van der Waals surface area contributed by atoms with Gasteiger partial charge >= 0.3 is 0 Å². The topological polar surface area (TPSA) is 70.7 Å². The average Bonchev–Trinajstić information content (AvgIpc) is 3.08. The largest absolute Gasteiger partial charge is 0.479 e. The first-order chi connectivity index (χ1) is 10.7. The minimum atomic E-state index is 0.541. The maximum atomic E-state index is 5.28. The van der Waals surface area contributed by atoms with E-state index >= 15 is 0 Å². The van der Waals surface area contributed by atoms with Crippen molar-refractivity contribution in [2.75, 3.05) is 7.11 Å². The maximum absolute atomic E-state index is 5.28. The van der Waals surface area contributed by atoms with E-state index in [0.717, 1.165) is 28.0 Å². The molecule has 3 aromatic heterocycles. The molecule has 3 rings (SSSR count). The fourth-order valence-electron chi connectivity index (χ4n) is 2.07. The molecule has 0 saturated carbocycles. The zero-order valence-corrected chi connectivity index (χ0v) is 13.4. The minimum Gasteiger partial charge on any atom is -0.479 e. The van der Waals surface area contributed by atoms with Crippen molar-refractivity contribution in [2.24, 2.45) is 14.1 Å². The molecule has 0 spiro atoms. The van der Waals surface area contributed by atoms with Crippen molar-refractivity contribution in [3.05, 3.63) is 36.3 Å². The Balaban J connectivity index is 1.83. The zero-order chi connectivity index (χ0) is 15.5. The summed E-state index contributed by atoms with van der Waals surface area (Å²) in [6.07, 6.45) is 3.66. The van der Waals surface area contributed by atoms with E-state index in [4.69, 9.17) is 4.74 Å². The Morgan fingerprint density at radius 1 is 1.23 bits per heavy atom. The Hall–Kier alpha value is -2.35. The second-order valence-electron chi connectivity index (χ2n) is 4.70. The van der Waals surface area contributed by atoms with Crippen LogP contribution in [0.5, 0.6) is 5.88 Å². The Labute approximate surface area is 132 Å². The summed E-state index contributed by atoms with van der Waals surface area (Å²) in [5.41, 5.74) is 1.83. The standard InChI is InChI=1S/C14H16N6OS/c1-19-8-11(13(18-19)21-3)12-16-17-14(20(12)2)22-9-10-6-4-5-7-15-10/h4-8H,9H2,1-3H3. The molecule has 0 fully saturated rings. The number of hydrogen-bond donors (Lipinski definition) is 0. The molecule has 114 valence electrons. The summed E-state index contributed by atoms with van der Waals surface area (Å²) in [5.74, 6) is 2.02. The lowest BCUT2D eigenvalue weighted by atomic mass is 10.3. The Morgan fingerprint density at radius 3 is 2.82 bits per heavy atom. The van der Waals surface area contributed by atoms with E-state index in [-0.39, 0.29) is 0 Å². The molecule has 0 saturated heterocycles. The van der Waals surface area contributed by atoms with Crippen LogP contribution in [0.2, 0.25) is 0 Å². The van der Waals surface area contributed by atoms with E-state index in [1.807, 2.05) is 43.1 Å². The molecule has 3 aromatic rings. The van der Waals surface area contributed by atoms with Crippen molar-refractivity contribution < 1.29 is 4.74 Å². The highest BCUT2D eigenvalue weighted by atomic mass is 32.2. The fourth-order valence-corrected chi connectivity index (χ4v) is 2.90. The lowest BCUT2D eigenvalue weighted by Gasteiger charge is -2.03. The monoisotopic (exact) mass is 316 g/mol. The van der Waals surface area contributed by atoms with Crippen LogP contribution in [0.1, 0.15) is 5.69 Å². The molecular weight excluding hydrogens is 300 g/mol. The maximum Gasteiger partial charge on any atom is 0.243 e. The van der Waals surface area contributed by atoms with Crippen LogP contribution in [0.4, 0.5) is 0 Å². The van der Waals surface area contributed by atoms with E-state index in [0.29, 0.717) is 5.88 Å². The molecule has 0 unspecified atom stereocenters. The first kappa shape index (κ1) is 14.6. The Morgan fingerprint density at radius 2 is 2.09 bits per heavy atom. The lowest BCUT2D eigenvalue weighted by Crippen LogP contribution is -1.96. The highest BCUT2D eigenvalue weighted by molar-refractivity contribution is 7.98. The molecule has 0 aliphatic rings. The van der Waals surface area contributed by atoms with Gasteiger partial charge < -0.3 is 9.30 Å². The molecule has 0 N–H and O–H groups in total. The van der Waals surface area contributed by atoms with Gasteiger partial charge in [-0.1, -0.05) is 17.8 Å². The third-order valence-corrected chi connectivity index (χ3v) is 4.19. The lowest BCUT2D eigenvalue weighted by molar-refractivity contribution is 0.393. The Bertz CT molecular complexity index is 767. The summed E-state index contributed by atoms with van der Waals surface area (Å²) >= 11 is 1.59. The highest BCUT2D eigenvalue weighted by Gasteiger charge is 2.18. The van der Waals surface area contributed by atoms with Crippen molar-refractivity contribution in [3.63, 3.8) is 0 Å². The molecular formula is C14H16N6OS. The zero-order valence-electron chi connectivity index (χ0n) is 12.6. The number of aryl methyl sites for hydroxylation is 1. The first-order valence-corrected chi connectivity index (χ1v) is 7.67. The molecule has 0 radical (unpaired) electrons. The van der Waals surface area contributed by atoms with Gasteiger partial charge in [0.15, 0.2) is 11.0 Å². The van der Waals surface area contributed by atoms with Gasteiger partial charge in [-0.05, 0) is 12.1 Å². The smallest absolute Gasteiger partial charge is 0.243 e. The van der Waals surface area contributed by atoms with E-state index in [9.17, 15) is 0 Å². The highest BCUT2D eigenvalue weighted by Crippen LogP contribution is 2.29. The normalized spacial score (nSPS) is 10.9. The fraction of sp³-hybridized carbons (Fsp3) is 0.286. The summed E-state index contributed by atoms with van der Waals surface area (Å²) in [7, 11) is 5.38. The quantitative estimate of drug-likeness (QED) is 0.670. The van der Waals surface area contributed by atoms with Gasteiger partial charge in [-0.25, -0.2) is 0 Å². The van der Waals surface area contributed by atoms with Gasteiger partial charge in [-0.3, -0.25) is 9.67 Å². The number of aromatic nitrogens is 6. The summed E-state index contributed by atoms with van der Waals surface area (Å²) in [6.45, 7) is 0. The van der Waals surface area contributed by atoms with Crippen LogP contribution in [0, 0.1) is 0 Å². The van der Waals surface area contributed by atoms with E-state index in [2.05, 4.69) is 20.3 Å². The summed E-state index contributed by atoms with van der Waals surface area (Å²) in [4.78, 5) is 4.31. The van der Waals surface area contributed by atoms with Crippen molar-refractivity contribution >= 4 is 11.8 Å². The van der Waals surface area contributed by atoms with Gasteiger partial charge in [0.25, 0.3) is 0 Å². The van der Waals surface area contributed by atoms with E-state index in [1.165, 1.54) is 0 Å². The number of hydrogen-bond acceptors (Lipinski definition) is 6. The number of ether oxygens (including phenoxy) is 1. The third-order valence-electron chi connectivity index (χ3n) is 3.14. The number of methoxy groups -OCH3 is 1. The van der Waals surface area contributed by atoms with Crippen LogP contribution >= 0.6 is 11.8 Å². The first-order valence-electron chi connectivity index (χ1n) is 6.69. The molecule has 0 aliphatic heterocycles. The number of nitrogens with zero attached hydrogens (tertiary/aromatic N) is 6.